The topological polar surface area (TPSA) is 96.2 Å². The van der Waals surface area contributed by atoms with Crippen LogP contribution in [0.15, 0.2) is 78.9 Å². The van der Waals surface area contributed by atoms with E-state index in [1.807, 2.05) is 78.9 Å². The first-order valence-corrected chi connectivity index (χ1v) is 12.3. The van der Waals surface area contributed by atoms with Gasteiger partial charge in [-0.3, -0.25) is 9.59 Å². The van der Waals surface area contributed by atoms with Crippen molar-refractivity contribution in [3.05, 3.63) is 95.6 Å². The van der Waals surface area contributed by atoms with E-state index in [9.17, 15) is 14.4 Å². The van der Waals surface area contributed by atoms with Crippen molar-refractivity contribution in [1.82, 2.24) is 14.7 Å². The van der Waals surface area contributed by atoms with Gasteiger partial charge in [0.15, 0.2) is 0 Å². The molecule has 4 rings (SSSR count). The Morgan fingerprint density at radius 1 is 0.811 bits per heavy atom. The number of carbonyl (C=O) groups is 3. The number of hydrogen-bond donors (Lipinski definition) is 1. The highest BCUT2D eigenvalue weighted by Gasteiger charge is 2.25. The van der Waals surface area contributed by atoms with E-state index >= 15 is 0 Å². The molecule has 0 aromatic heterocycles. The minimum atomic E-state index is -0.360. The summed E-state index contributed by atoms with van der Waals surface area (Å²) < 4.78 is 5.41. The van der Waals surface area contributed by atoms with Crippen molar-refractivity contribution in [2.24, 2.45) is 5.73 Å². The lowest BCUT2D eigenvalue weighted by atomic mass is 10.0. The number of rotatable bonds is 7. The Morgan fingerprint density at radius 3 is 2.14 bits per heavy atom. The molecule has 0 aliphatic carbocycles. The largest absolute Gasteiger partial charge is 0.445 e. The molecular weight excluding hydrogens is 468 g/mol. The lowest BCUT2D eigenvalue weighted by molar-refractivity contribution is -0.128. The molecule has 192 valence electrons. The third kappa shape index (κ3) is 6.74. The number of benzene rings is 3. The number of ether oxygens (including phenoxy) is 1. The van der Waals surface area contributed by atoms with Crippen molar-refractivity contribution in [3.8, 4) is 11.1 Å². The third-order valence-electron chi connectivity index (χ3n) is 6.44. The normalized spacial score (nSPS) is 13.2. The van der Waals surface area contributed by atoms with Crippen LogP contribution >= 0.6 is 0 Å². The van der Waals surface area contributed by atoms with Crippen molar-refractivity contribution in [3.63, 3.8) is 0 Å². The fraction of sp³-hybridized carbons (Fsp3) is 0.276. The first-order chi connectivity index (χ1) is 17.9. The lowest BCUT2D eigenvalue weighted by Gasteiger charge is -2.34. The Kier molecular flexibility index (Phi) is 8.53. The first kappa shape index (κ1) is 25.9. The summed E-state index contributed by atoms with van der Waals surface area (Å²) in [6.45, 7) is 2.48. The molecule has 0 saturated carbocycles. The quantitative estimate of drug-likeness (QED) is 0.537. The van der Waals surface area contributed by atoms with Gasteiger partial charge in [-0.25, -0.2) is 4.79 Å². The maximum atomic E-state index is 13.0. The summed E-state index contributed by atoms with van der Waals surface area (Å²) in [6, 6.07) is 25.0. The summed E-state index contributed by atoms with van der Waals surface area (Å²) in [4.78, 5) is 42.2. The molecule has 3 amide bonds. The van der Waals surface area contributed by atoms with Gasteiger partial charge in [-0.05, 0) is 40.5 Å². The van der Waals surface area contributed by atoms with E-state index in [2.05, 4.69) is 0 Å². The van der Waals surface area contributed by atoms with Crippen LogP contribution in [0.2, 0.25) is 0 Å². The standard InChI is InChI=1S/C29H32N4O4/c1-31(27(34)19-30)20-23-8-5-9-26(18-23)24-10-12-25(13-11-24)28(35)32-14-16-33(17-15-32)29(36)37-21-22-6-3-2-4-7-22/h2-13,18H,14-17,19-21,30H2,1H3. The fourth-order valence-corrected chi connectivity index (χ4v) is 4.26. The van der Waals surface area contributed by atoms with Gasteiger partial charge in [-0.15, -0.1) is 0 Å². The van der Waals surface area contributed by atoms with Gasteiger partial charge < -0.3 is 25.2 Å². The molecule has 37 heavy (non-hydrogen) atoms. The second-order valence-corrected chi connectivity index (χ2v) is 9.05. The highest BCUT2D eigenvalue weighted by Crippen LogP contribution is 2.22. The summed E-state index contributed by atoms with van der Waals surface area (Å²) in [6.07, 6.45) is -0.360. The average molecular weight is 501 g/mol. The van der Waals surface area contributed by atoms with E-state index in [0.717, 1.165) is 22.3 Å². The van der Waals surface area contributed by atoms with Gasteiger partial charge >= 0.3 is 6.09 Å². The maximum Gasteiger partial charge on any atom is 0.410 e. The molecule has 8 heteroatoms. The molecule has 1 aliphatic rings. The molecule has 8 nitrogen and oxygen atoms in total. The minimum Gasteiger partial charge on any atom is -0.445 e. The van der Waals surface area contributed by atoms with E-state index < -0.39 is 0 Å². The number of piperazine rings is 1. The van der Waals surface area contributed by atoms with Crippen molar-refractivity contribution in [2.75, 3.05) is 39.8 Å². The Morgan fingerprint density at radius 2 is 1.46 bits per heavy atom. The zero-order chi connectivity index (χ0) is 26.2. The summed E-state index contributed by atoms with van der Waals surface area (Å²) in [7, 11) is 1.73. The SMILES string of the molecule is CN(Cc1cccc(-c2ccc(C(=O)N3CCN(C(=O)OCc4ccccc4)CC3)cc2)c1)C(=O)CN. The van der Waals surface area contributed by atoms with Crippen LogP contribution in [0, 0.1) is 0 Å². The summed E-state index contributed by atoms with van der Waals surface area (Å²) >= 11 is 0. The van der Waals surface area contributed by atoms with Crippen molar-refractivity contribution in [1.29, 1.82) is 0 Å². The van der Waals surface area contributed by atoms with Crippen molar-refractivity contribution >= 4 is 17.9 Å². The molecule has 1 aliphatic heterocycles. The second-order valence-electron chi connectivity index (χ2n) is 9.05. The molecule has 1 fully saturated rings. The zero-order valence-electron chi connectivity index (χ0n) is 21.0. The molecule has 0 bridgehead atoms. The van der Waals surface area contributed by atoms with Crippen LogP contribution in [0.3, 0.4) is 0 Å². The van der Waals surface area contributed by atoms with E-state index in [1.54, 1.807) is 21.7 Å². The Labute approximate surface area is 217 Å². The molecule has 3 aromatic carbocycles. The molecule has 3 aromatic rings. The smallest absolute Gasteiger partial charge is 0.410 e. The molecule has 0 spiro atoms. The number of nitrogens with zero attached hydrogens (tertiary/aromatic N) is 3. The van der Waals surface area contributed by atoms with Gasteiger partial charge in [-0.2, -0.15) is 0 Å². The highest BCUT2D eigenvalue weighted by molar-refractivity contribution is 5.95. The maximum absolute atomic E-state index is 13.0. The molecule has 0 atom stereocenters. The predicted molar refractivity (Wildman–Crippen MR) is 142 cm³/mol. The zero-order valence-corrected chi connectivity index (χ0v) is 21.0. The van der Waals surface area contributed by atoms with Gasteiger partial charge in [-0.1, -0.05) is 60.7 Å². The summed E-state index contributed by atoms with van der Waals surface area (Å²) in [5.41, 5.74) is 9.98. The van der Waals surface area contributed by atoms with Gasteiger partial charge in [0.25, 0.3) is 5.91 Å². The second kappa shape index (κ2) is 12.2. The van der Waals surface area contributed by atoms with E-state index in [1.165, 1.54) is 0 Å². The predicted octanol–water partition coefficient (Wildman–Crippen LogP) is 3.37. The van der Waals surface area contributed by atoms with Gasteiger partial charge in [0.2, 0.25) is 5.91 Å². The van der Waals surface area contributed by atoms with Gasteiger partial charge in [0, 0.05) is 45.3 Å². The van der Waals surface area contributed by atoms with Crippen LogP contribution < -0.4 is 5.73 Å². The molecule has 1 saturated heterocycles. The van der Waals surface area contributed by atoms with Crippen LogP contribution in [-0.2, 0) is 22.7 Å². The fourth-order valence-electron chi connectivity index (χ4n) is 4.26. The van der Waals surface area contributed by atoms with Crippen molar-refractivity contribution in [2.45, 2.75) is 13.2 Å². The van der Waals surface area contributed by atoms with Crippen LogP contribution in [0.4, 0.5) is 4.79 Å². The van der Waals surface area contributed by atoms with E-state index in [0.29, 0.717) is 38.3 Å². The molecule has 1 heterocycles. The molecule has 2 N–H and O–H groups in total. The Hall–Kier alpha value is -4.17. The molecule has 0 radical (unpaired) electrons. The molecular formula is C29H32N4O4. The van der Waals surface area contributed by atoms with E-state index in [-0.39, 0.29) is 31.1 Å². The third-order valence-corrected chi connectivity index (χ3v) is 6.44. The summed E-state index contributed by atoms with van der Waals surface area (Å²) in [5, 5.41) is 0. The number of likely N-dealkylation sites (N-methyl/N-ethyl adjacent to an activating group) is 1. The van der Waals surface area contributed by atoms with Crippen LogP contribution in [-0.4, -0.2) is 72.4 Å². The lowest BCUT2D eigenvalue weighted by Crippen LogP contribution is -2.50. The number of nitrogens with two attached hydrogens (primary N) is 1. The number of carbonyl (C=O) groups excluding carboxylic acids is 3. The van der Waals surface area contributed by atoms with E-state index in [4.69, 9.17) is 10.5 Å². The van der Waals surface area contributed by atoms with Gasteiger partial charge in [0.05, 0.1) is 6.54 Å². The van der Waals surface area contributed by atoms with Crippen LogP contribution in [0.1, 0.15) is 21.5 Å². The van der Waals surface area contributed by atoms with Crippen LogP contribution in [0.25, 0.3) is 11.1 Å². The minimum absolute atomic E-state index is 0.0148. The summed E-state index contributed by atoms with van der Waals surface area (Å²) in [5.74, 6) is -0.169. The van der Waals surface area contributed by atoms with Crippen molar-refractivity contribution < 1.29 is 19.1 Å². The average Bonchev–Trinajstić information content (AvgIpc) is 2.96. The van der Waals surface area contributed by atoms with Crippen LogP contribution in [0.5, 0.6) is 0 Å². The Bertz CT molecular complexity index is 1220. The Balaban J connectivity index is 1.30. The first-order valence-electron chi connectivity index (χ1n) is 12.3. The number of amides is 3. The van der Waals surface area contributed by atoms with Gasteiger partial charge in [0.1, 0.15) is 6.61 Å². The highest BCUT2D eigenvalue weighted by atomic mass is 16.6. The number of hydrogen-bond acceptors (Lipinski definition) is 5. The monoisotopic (exact) mass is 500 g/mol. The molecule has 0 unspecified atom stereocenters.